The predicted octanol–water partition coefficient (Wildman–Crippen LogP) is 3.70. The molecule has 0 aliphatic rings. The van der Waals surface area contributed by atoms with E-state index < -0.39 is 0 Å². The topological polar surface area (TPSA) is 66.0 Å². The summed E-state index contributed by atoms with van der Waals surface area (Å²) in [7, 11) is 6.16. The SMILES string of the molecule is COc1cc(/C=C/C(=O)NCc2cccc(OC)c2OC)cc(Cl)c1OC. The van der Waals surface area contributed by atoms with Crippen LogP contribution in [0.4, 0.5) is 0 Å². The van der Waals surface area contributed by atoms with Crippen LogP contribution in [0.1, 0.15) is 11.1 Å². The van der Waals surface area contributed by atoms with E-state index in [1.165, 1.54) is 20.3 Å². The molecule has 0 aliphatic heterocycles. The molecule has 0 spiro atoms. The van der Waals surface area contributed by atoms with Crippen molar-refractivity contribution in [3.05, 3.63) is 52.6 Å². The van der Waals surface area contributed by atoms with Crippen molar-refractivity contribution in [3.8, 4) is 23.0 Å². The van der Waals surface area contributed by atoms with Crippen molar-refractivity contribution in [3.63, 3.8) is 0 Å². The summed E-state index contributed by atoms with van der Waals surface area (Å²) >= 11 is 6.17. The van der Waals surface area contributed by atoms with E-state index in [2.05, 4.69) is 5.32 Å². The molecule has 0 saturated carbocycles. The van der Waals surface area contributed by atoms with Crippen LogP contribution >= 0.6 is 11.6 Å². The number of hydrogen-bond donors (Lipinski definition) is 1. The summed E-state index contributed by atoms with van der Waals surface area (Å²) in [5.41, 5.74) is 1.53. The molecule has 6 nitrogen and oxygen atoms in total. The number of rotatable bonds is 8. The van der Waals surface area contributed by atoms with Crippen molar-refractivity contribution < 1.29 is 23.7 Å². The van der Waals surface area contributed by atoms with E-state index in [-0.39, 0.29) is 5.91 Å². The van der Waals surface area contributed by atoms with E-state index in [1.54, 1.807) is 38.5 Å². The Kier molecular flexibility index (Phi) is 7.37. The first-order valence-electron chi connectivity index (χ1n) is 8.11. The van der Waals surface area contributed by atoms with Gasteiger partial charge in [-0.25, -0.2) is 0 Å². The Labute approximate surface area is 163 Å². The lowest BCUT2D eigenvalue weighted by Gasteiger charge is -2.12. The fourth-order valence-corrected chi connectivity index (χ4v) is 2.84. The van der Waals surface area contributed by atoms with E-state index in [9.17, 15) is 4.79 Å². The van der Waals surface area contributed by atoms with Crippen molar-refractivity contribution in [2.45, 2.75) is 6.54 Å². The van der Waals surface area contributed by atoms with E-state index in [0.29, 0.717) is 40.1 Å². The van der Waals surface area contributed by atoms with Crippen molar-refractivity contribution in [2.75, 3.05) is 28.4 Å². The first kappa shape index (κ1) is 20.5. The average molecular weight is 392 g/mol. The fourth-order valence-electron chi connectivity index (χ4n) is 2.54. The molecule has 1 N–H and O–H groups in total. The Balaban J connectivity index is 2.07. The Morgan fingerprint density at radius 1 is 1.00 bits per heavy atom. The molecule has 2 aromatic carbocycles. The highest BCUT2D eigenvalue weighted by atomic mass is 35.5. The molecule has 0 heterocycles. The molecular formula is C20H22ClNO5. The number of para-hydroxylation sites is 1. The van der Waals surface area contributed by atoms with Gasteiger partial charge < -0.3 is 24.3 Å². The molecule has 7 heteroatoms. The number of nitrogens with one attached hydrogen (secondary N) is 1. The van der Waals surface area contributed by atoms with E-state index in [0.717, 1.165) is 5.56 Å². The van der Waals surface area contributed by atoms with Gasteiger partial charge in [0.1, 0.15) is 0 Å². The minimum atomic E-state index is -0.259. The van der Waals surface area contributed by atoms with Gasteiger partial charge in [-0.1, -0.05) is 23.7 Å². The third kappa shape index (κ3) is 5.08. The van der Waals surface area contributed by atoms with Crippen LogP contribution < -0.4 is 24.3 Å². The molecule has 0 atom stereocenters. The van der Waals surface area contributed by atoms with Crippen molar-refractivity contribution >= 4 is 23.6 Å². The Bertz CT molecular complexity index is 835. The van der Waals surface area contributed by atoms with Gasteiger partial charge in [0.25, 0.3) is 0 Å². The van der Waals surface area contributed by atoms with Crippen LogP contribution in [0.3, 0.4) is 0 Å². The number of halogens is 1. The molecule has 2 rings (SSSR count). The van der Waals surface area contributed by atoms with Gasteiger partial charge in [-0.2, -0.15) is 0 Å². The summed E-state index contributed by atoms with van der Waals surface area (Å²) in [5.74, 6) is 1.89. The summed E-state index contributed by atoms with van der Waals surface area (Å²) in [6, 6.07) is 8.92. The first-order chi connectivity index (χ1) is 13.0. The Morgan fingerprint density at radius 3 is 2.33 bits per heavy atom. The second-order valence-corrected chi connectivity index (χ2v) is 5.85. The van der Waals surface area contributed by atoms with Crippen LogP contribution in [0.15, 0.2) is 36.4 Å². The zero-order chi connectivity index (χ0) is 19.8. The van der Waals surface area contributed by atoms with Gasteiger partial charge in [-0.3, -0.25) is 4.79 Å². The second-order valence-electron chi connectivity index (χ2n) is 5.44. The van der Waals surface area contributed by atoms with Crippen LogP contribution in [0.25, 0.3) is 6.08 Å². The second kappa shape index (κ2) is 9.73. The lowest BCUT2D eigenvalue weighted by atomic mass is 10.1. The number of benzene rings is 2. The van der Waals surface area contributed by atoms with Crippen molar-refractivity contribution in [2.24, 2.45) is 0 Å². The normalized spacial score (nSPS) is 10.6. The maximum atomic E-state index is 12.1. The molecule has 1 amide bonds. The van der Waals surface area contributed by atoms with Gasteiger partial charge in [-0.05, 0) is 29.8 Å². The molecular weight excluding hydrogens is 370 g/mol. The maximum absolute atomic E-state index is 12.1. The average Bonchev–Trinajstić information content (AvgIpc) is 2.69. The highest BCUT2D eigenvalue weighted by molar-refractivity contribution is 6.32. The van der Waals surface area contributed by atoms with Crippen LogP contribution in [0.5, 0.6) is 23.0 Å². The fraction of sp³-hybridized carbons (Fsp3) is 0.250. The van der Waals surface area contributed by atoms with Crippen LogP contribution in [0.2, 0.25) is 5.02 Å². The lowest BCUT2D eigenvalue weighted by Crippen LogP contribution is -2.20. The minimum Gasteiger partial charge on any atom is -0.493 e. The van der Waals surface area contributed by atoms with Gasteiger partial charge >= 0.3 is 0 Å². The van der Waals surface area contributed by atoms with E-state index in [1.807, 2.05) is 12.1 Å². The monoisotopic (exact) mass is 391 g/mol. The first-order valence-corrected chi connectivity index (χ1v) is 8.49. The van der Waals surface area contributed by atoms with Gasteiger partial charge in [0.15, 0.2) is 23.0 Å². The molecule has 144 valence electrons. The minimum absolute atomic E-state index is 0.259. The van der Waals surface area contributed by atoms with Gasteiger partial charge in [-0.15, -0.1) is 0 Å². The smallest absolute Gasteiger partial charge is 0.244 e. The number of methoxy groups -OCH3 is 4. The number of ether oxygens (including phenoxy) is 4. The highest BCUT2D eigenvalue weighted by Gasteiger charge is 2.11. The molecule has 2 aromatic rings. The summed E-state index contributed by atoms with van der Waals surface area (Å²) < 4.78 is 21.1. The Hall–Kier alpha value is -2.86. The quantitative estimate of drug-likeness (QED) is 0.695. The standard InChI is InChI=1S/C20H22ClNO5/c1-24-16-7-5-6-14(19(16)26-3)12-22-18(23)9-8-13-10-15(21)20(27-4)17(11-13)25-2/h5-11H,12H2,1-4H3,(H,22,23)/b9-8+. The zero-order valence-electron chi connectivity index (χ0n) is 15.7. The van der Waals surface area contributed by atoms with Crippen molar-refractivity contribution in [1.82, 2.24) is 5.32 Å². The summed E-state index contributed by atoms with van der Waals surface area (Å²) in [6.45, 7) is 0.302. The van der Waals surface area contributed by atoms with Gasteiger partial charge in [0.2, 0.25) is 5.91 Å². The van der Waals surface area contributed by atoms with Gasteiger partial charge in [0.05, 0.1) is 33.5 Å². The largest absolute Gasteiger partial charge is 0.493 e. The molecule has 0 aliphatic carbocycles. The third-order valence-corrected chi connectivity index (χ3v) is 4.10. The third-order valence-electron chi connectivity index (χ3n) is 3.82. The zero-order valence-corrected chi connectivity index (χ0v) is 16.4. The molecule has 27 heavy (non-hydrogen) atoms. The van der Waals surface area contributed by atoms with Crippen LogP contribution in [-0.2, 0) is 11.3 Å². The molecule has 0 unspecified atom stereocenters. The number of carbonyl (C=O) groups is 1. The number of hydrogen-bond acceptors (Lipinski definition) is 5. The molecule has 0 bridgehead atoms. The Morgan fingerprint density at radius 2 is 1.70 bits per heavy atom. The maximum Gasteiger partial charge on any atom is 0.244 e. The predicted molar refractivity (Wildman–Crippen MR) is 105 cm³/mol. The molecule has 0 radical (unpaired) electrons. The van der Waals surface area contributed by atoms with Crippen LogP contribution in [-0.4, -0.2) is 34.3 Å². The summed E-state index contributed by atoms with van der Waals surface area (Å²) in [6.07, 6.45) is 3.07. The number of amides is 1. The number of carbonyl (C=O) groups excluding carboxylic acids is 1. The molecule has 0 saturated heterocycles. The van der Waals surface area contributed by atoms with Gasteiger partial charge in [0, 0.05) is 18.2 Å². The molecule has 0 aromatic heterocycles. The lowest BCUT2D eigenvalue weighted by molar-refractivity contribution is -0.116. The molecule has 0 fully saturated rings. The highest BCUT2D eigenvalue weighted by Crippen LogP contribution is 2.36. The van der Waals surface area contributed by atoms with E-state index in [4.69, 9.17) is 30.5 Å². The van der Waals surface area contributed by atoms with Crippen molar-refractivity contribution in [1.29, 1.82) is 0 Å². The summed E-state index contributed by atoms with van der Waals surface area (Å²) in [5, 5.41) is 3.21. The summed E-state index contributed by atoms with van der Waals surface area (Å²) in [4.78, 5) is 12.1. The van der Waals surface area contributed by atoms with Crippen LogP contribution in [0, 0.1) is 0 Å². The van der Waals surface area contributed by atoms with E-state index >= 15 is 0 Å².